The molecule has 1 aromatic carbocycles. The molecule has 0 saturated carbocycles. The van der Waals surface area contributed by atoms with Crippen molar-refractivity contribution in [2.75, 3.05) is 6.54 Å². The van der Waals surface area contributed by atoms with Gasteiger partial charge in [0, 0.05) is 19.9 Å². The number of carbonyl (C=O) groups is 3. The summed E-state index contributed by atoms with van der Waals surface area (Å²) in [4.78, 5) is 37.7. The van der Waals surface area contributed by atoms with Crippen molar-refractivity contribution in [2.24, 2.45) is 0 Å². The summed E-state index contributed by atoms with van der Waals surface area (Å²) in [6.07, 6.45) is -1.03. The van der Waals surface area contributed by atoms with E-state index in [1.165, 1.54) is 11.8 Å². The van der Waals surface area contributed by atoms with E-state index < -0.39 is 35.8 Å². The zero-order valence-corrected chi connectivity index (χ0v) is 15.6. The summed E-state index contributed by atoms with van der Waals surface area (Å²) in [5, 5.41) is 0. The van der Waals surface area contributed by atoms with Gasteiger partial charge in [0.2, 0.25) is 0 Å². The molecule has 0 bridgehead atoms. The lowest BCUT2D eigenvalue weighted by Crippen LogP contribution is -2.48. The van der Waals surface area contributed by atoms with Gasteiger partial charge in [-0.1, -0.05) is 30.3 Å². The molecule has 1 fully saturated rings. The summed E-state index contributed by atoms with van der Waals surface area (Å²) < 4.78 is 15.9. The second-order valence-corrected chi connectivity index (χ2v) is 7.15. The predicted molar refractivity (Wildman–Crippen MR) is 93.1 cm³/mol. The second kappa shape index (κ2) is 8.21. The molecule has 2 rings (SSSR count). The maximum atomic E-state index is 12.6. The number of rotatable bonds is 4. The Morgan fingerprint density at radius 1 is 1.15 bits per heavy atom. The molecular weight excluding hydrogens is 338 g/mol. The Labute approximate surface area is 153 Å². The van der Waals surface area contributed by atoms with Crippen LogP contribution >= 0.6 is 0 Å². The Morgan fingerprint density at radius 2 is 1.81 bits per heavy atom. The number of carbonyl (C=O) groups excluding carboxylic acids is 3. The maximum Gasteiger partial charge on any atom is 0.411 e. The molecule has 7 nitrogen and oxygen atoms in total. The van der Waals surface area contributed by atoms with Crippen LogP contribution in [-0.2, 0) is 30.4 Å². The highest BCUT2D eigenvalue weighted by Gasteiger charge is 2.46. The number of ether oxygens (including phenoxy) is 3. The van der Waals surface area contributed by atoms with Gasteiger partial charge in [-0.3, -0.25) is 9.69 Å². The van der Waals surface area contributed by atoms with Crippen molar-refractivity contribution in [1.82, 2.24) is 4.90 Å². The van der Waals surface area contributed by atoms with E-state index in [4.69, 9.17) is 14.2 Å². The summed E-state index contributed by atoms with van der Waals surface area (Å²) in [6.45, 7) is 6.82. The van der Waals surface area contributed by atoms with Crippen molar-refractivity contribution in [3.8, 4) is 0 Å². The van der Waals surface area contributed by atoms with E-state index in [9.17, 15) is 14.4 Å². The zero-order chi connectivity index (χ0) is 19.3. The fraction of sp³-hybridized carbons (Fsp3) is 0.526. The minimum absolute atomic E-state index is 0.0745. The molecule has 1 amide bonds. The van der Waals surface area contributed by atoms with Crippen molar-refractivity contribution in [2.45, 2.75) is 58.5 Å². The molecule has 1 heterocycles. The Morgan fingerprint density at radius 3 is 2.38 bits per heavy atom. The molecule has 1 aliphatic heterocycles. The summed E-state index contributed by atoms with van der Waals surface area (Å²) in [5.74, 6) is -1.13. The first kappa shape index (κ1) is 19.8. The normalized spacial score (nSPS) is 19.8. The molecule has 0 unspecified atom stereocenters. The Balaban J connectivity index is 2.11. The molecule has 0 aliphatic carbocycles. The van der Waals surface area contributed by atoms with Crippen LogP contribution in [0.15, 0.2) is 30.3 Å². The van der Waals surface area contributed by atoms with E-state index in [1.54, 1.807) is 20.8 Å². The van der Waals surface area contributed by atoms with Crippen molar-refractivity contribution in [3.05, 3.63) is 35.9 Å². The summed E-state index contributed by atoms with van der Waals surface area (Å²) in [6, 6.07) is 8.19. The molecule has 1 aromatic rings. The molecule has 0 spiro atoms. The molecule has 0 aromatic heterocycles. The monoisotopic (exact) mass is 363 g/mol. The first-order valence-corrected chi connectivity index (χ1v) is 8.55. The largest absolute Gasteiger partial charge is 0.460 e. The van der Waals surface area contributed by atoms with Gasteiger partial charge in [0.15, 0.2) is 6.04 Å². The van der Waals surface area contributed by atoms with Crippen molar-refractivity contribution < 1.29 is 28.6 Å². The second-order valence-electron chi connectivity index (χ2n) is 7.15. The number of amides is 1. The van der Waals surface area contributed by atoms with E-state index >= 15 is 0 Å². The lowest BCUT2D eigenvalue weighted by molar-refractivity contribution is -0.159. The SMILES string of the molecule is CC(=O)O[C@H]1CCN(C(=O)OC(C)(C)C)[C@@H]1C(=O)OCc1ccccc1. The van der Waals surface area contributed by atoms with Gasteiger partial charge in [-0.25, -0.2) is 9.59 Å². The van der Waals surface area contributed by atoms with Crippen molar-refractivity contribution in [3.63, 3.8) is 0 Å². The van der Waals surface area contributed by atoms with Gasteiger partial charge in [0.25, 0.3) is 0 Å². The molecule has 142 valence electrons. The summed E-state index contributed by atoms with van der Waals surface area (Å²) in [7, 11) is 0. The summed E-state index contributed by atoms with van der Waals surface area (Å²) >= 11 is 0. The quantitative estimate of drug-likeness (QED) is 0.604. The van der Waals surface area contributed by atoms with Gasteiger partial charge in [0.1, 0.15) is 18.3 Å². The molecule has 26 heavy (non-hydrogen) atoms. The van der Waals surface area contributed by atoms with E-state index in [0.29, 0.717) is 6.42 Å². The standard InChI is InChI=1S/C19H25NO6/c1-13(21)25-15-10-11-20(18(23)26-19(2,3)4)16(15)17(22)24-12-14-8-6-5-7-9-14/h5-9,15-16H,10-12H2,1-4H3/t15-,16-/m0/s1. The predicted octanol–water partition coefficient (Wildman–Crippen LogP) is 2.67. The number of benzene rings is 1. The highest BCUT2D eigenvalue weighted by molar-refractivity contribution is 5.83. The minimum atomic E-state index is -1.02. The third kappa shape index (κ3) is 5.47. The number of esters is 2. The number of hydrogen-bond donors (Lipinski definition) is 0. The lowest BCUT2D eigenvalue weighted by Gasteiger charge is -2.29. The van der Waals surface area contributed by atoms with Gasteiger partial charge in [-0.05, 0) is 26.3 Å². The molecule has 1 aliphatic rings. The molecular formula is C19H25NO6. The topological polar surface area (TPSA) is 82.1 Å². The van der Waals surface area contributed by atoms with Crippen LogP contribution in [0.3, 0.4) is 0 Å². The molecule has 1 saturated heterocycles. The molecule has 2 atom stereocenters. The van der Waals surface area contributed by atoms with Crippen LogP contribution in [0.5, 0.6) is 0 Å². The summed E-state index contributed by atoms with van der Waals surface area (Å²) in [5.41, 5.74) is 0.126. The number of likely N-dealkylation sites (tertiary alicyclic amines) is 1. The highest BCUT2D eigenvalue weighted by Crippen LogP contribution is 2.25. The van der Waals surface area contributed by atoms with Gasteiger partial charge >= 0.3 is 18.0 Å². The van der Waals surface area contributed by atoms with Crippen LogP contribution in [0.4, 0.5) is 4.79 Å². The third-order valence-electron chi connectivity index (χ3n) is 3.75. The van der Waals surface area contributed by atoms with Crippen molar-refractivity contribution >= 4 is 18.0 Å². The van der Waals surface area contributed by atoms with Gasteiger partial charge in [-0.15, -0.1) is 0 Å². The average molecular weight is 363 g/mol. The van der Waals surface area contributed by atoms with Crippen LogP contribution in [0.25, 0.3) is 0 Å². The Hall–Kier alpha value is -2.57. The maximum absolute atomic E-state index is 12.6. The minimum Gasteiger partial charge on any atom is -0.460 e. The van der Waals surface area contributed by atoms with Gasteiger partial charge in [0.05, 0.1) is 0 Å². The van der Waals surface area contributed by atoms with E-state index in [2.05, 4.69) is 0 Å². The smallest absolute Gasteiger partial charge is 0.411 e. The van der Waals surface area contributed by atoms with Crippen LogP contribution in [0, 0.1) is 0 Å². The lowest BCUT2D eigenvalue weighted by atomic mass is 10.1. The highest BCUT2D eigenvalue weighted by atomic mass is 16.6. The third-order valence-corrected chi connectivity index (χ3v) is 3.75. The molecule has 0 radical (unpaired) electrons. The Kier molecular flexibility index (Phi) is 6.23. The molecule has 0 N–H and O–H groups in total. The zero-order valence-electron chi connectivity index (χ0n) is 15.6. The first-order chi connectivity index (χ1) is 12.2. The van der Waals surface area contributed by atoms with Crippen LogP contribution in [-0.4, -0.2) is 47.2 Å². The van der Waals surface area contributed by atoms with E-state index in [1.807, 2.05) is 30.3 Å². The fourth-order valence-electron chi connectivity index (χ4n) is 2.72. The first-order valence-electron chi connectivity index (χ1n) is 8.55. The van der Waals surface area contributed by atoms with E-state index in [-0.39, 0.29) is 13.2 Å². The Bertz CT molecular complexity index is 652. The average Bonchev–Trinajstić information content (AvgIpc) is 2.95. The molecule has 7 heteroatoms. The fourth-order valence-corrected chi connectivity index (χ4v) is 2.72. The van der Waals surface area contributed by atoms with Crippen LogP contribution in [0.1, 0.15) is 39.7 Å². The number of hydrogen-bond acceptors (Lipinski definition) is 6. The number of nitrogens with zero attached hydrogens (tertiary/aromatic N) is 1. The van der Waals surface area contributed by atoms with Crippen LogP contribution < -0.4 is 0 Å². The van der Waals surface area contributed by atoms with Gasteiger partial charge < -0.3 is 14.2 Å². The van der Waals surface area contributed by atoms with Gasteiger partial charge in [-0.2, -0.15) is 0 Å². The van der Waals surface area contributed by atoms with E-state index in [0.717, 1.165) is 5.56 Å². The van der Waals surface area contributed by atoms with Crippen molar-refractivity contribution in [1.29, 1.82) is 0 Å². The van der Waals surface area contributed by atoms with Crippen LogP contribution in [0.2, 0.25) is 0 Å².